The van der Waals surface area contributed by atoms with E-state index in [4.69, 9.17) is 9.47 Å². The van der Waals surface area contributed by atoms with Crippen molar-refractivity contribution >= 4 is 11.6 Å². The van der Waals surface area contributed by atoms with E-state index in [2.05, 4.69) is 36.4 Å². The molecule has 154 valence electrons. The number of ether oxygens (including phenoxy) is 2. The Kier molecular flexibility index (Phi) is 6.03. The fourth-order valence-corrected chi connectivity index (χ4v) is 4.28. The first-order chi connectivity index (χ1) is 14.7. The molecule has 4 heteroatoms. The normalized spacial score (nSPS) is 18.1. The Balaban J connectivity index is 1.58. The van der Waals surface area contributed by atoms with Gasteiger partial charge in [0.05, 0.1) is 31.9 Å². The number of rotatable bonds is 8. The highest BCUT2D eigenvalue weighted by Gasteiger charge is 2.48. The summed E-state index contributed by atoms with van der Waals surface area (Å²) in [4.78, 5) is 15.1. The van der Waals surface area contributed by atoms with Gasteiger partial charge >= 0.3 is 0 Å². The summed E-state index contributed by atoms with van der Waals surface area (Å²) in [5.74, 6) is 1.65. The number of methoxy groups -OCH3 is 2. The molecule has 1 fully saturated rings. The molecule has 1 amide bonds. The van der Waals surface area contributed by atoms with Gasteiger partial charge in [-0.15, -0.1) is 0 Å². The van der Waals surface area contributed by atoms with Crippen LogP contribution in [0.5, 0.6) is 11.5 Å². The largest absolute Gasteiger partial charge is 0.497 e. The standard InChI is InChI=1S/C26H27NO3/c1-29-21-17-15-20(16-18-21)25-22(12-8-11-19-9-4-3-5-10-19)26(28)27(25)23-13-6-7-14-24(23)30-2/h3-7,9-10,13-18,22,25H,8,11-12H2,1-2H3/t22-,25-/m1/s1. The molecular weight excluding hydrogens is 374 g/mol. The SMILES string of the molecule is COc1ccc([C@@H]2[C@@H](CCCc3ccccc3)C(=O)N2c2ccccc2OC)cc1. The van der Waals surface area contributed by atoms with Crippen molar-refractivity contribution in [2.45, 2.75) is 25.3 Å². The van der Waals surface area contributed by atoms with Crippen molar-refractivity contribution < 1.29 is 14.3 Å². The summed E-state index contributed by atoms with van der Waals surface area (Å²) in [7, 11) is 3.30. The van der Waals surface area contributed by atoms with Crippen molar-refractivity contribution in [3.8, 4) is 11.5 Å². The molecule has 0 N–H and O–H groups in total. The van der Waals surface area contributed by atoms with Crippen molar-refractivity contribution in [2.75, 3.05) is 19.1 Å². The van der Waals surface area contributed by atoms with E-state index in [1.807, 2.05) is 47.4 Å². The van der Waals surface area contributed by atoms with E-state index in [1.54, 1.807) is 14.2 Å². The molecule has 1 aliphatic heterocycles. The topological polar surface area (TPSA) is 38.8 Å². The zero-order valence-corrected chi connectivity index (χ0v) is 17.5. The summed E-state index contributed by atoms with van der Waals surface area (Å²) in [6.07, 6.45) is 2.82. The van der Waals surface area contributed by atoms with Gasteiger partial charge < -0.3 is 14.4 Å². The van der Waals surface area contributed by atoms with Crippen LogP contribution in [0.15, 0.2) is 78.9 Å². The molecule has 0 aromatic heterocycles. The van der Waals surface area contributed by atoms with Crippen LogP contribution >= 0.6 is 0 Å². The van der Waals surface area contributed by atoms with Gasteiger partial charge in [-0.1, -0.05) is 54.6 Å². The number of carbonyl (C=O) groups excluding carboxylic acids is 1. The first-order valence-electron chi connectivity index (χ1n) is 10.4. The maximum Gasteiger partial charge on any atom is 0.233 e. The molecule has 3 aromatic carbocycles. The minimum atomic E-state index is -0.0352. The van der Waals surface area contributed by atoms with Crippen LogP contribution < -0.4 is 14.4 Å². The van der Waals surface area contributed by atoms with Crippen LogP contribution in [0, 0.1) is 5.92 Å². The van der Waals surface area contributed by atoms with Crippen LogP contribution in [0.2, 0.25) is 0 Å². The van der Waals surface area contributed by atoms with E-state index < -0.39 is 0 Å². The molecule has 1 aliphatic rings. The van der Waals surface area contributed by atoms with Crippen molar-refractivity contribution in [3.63, 3.8) is 0 Å². The molecule has 4 nitrogen and oxygen atoms in total. The van der Waals surface area contributed by atoms with E-state index in [1.165, 1.54) is 5.56 Å². The minimum Gasteiger partial charge on any atom is -0.497 e. The van der Waals surface area contributed by atoms with E-state index >= 15 is 0 Å². The third-order valence-electron chi connectivity index (χ3n) is 5.84. The lowest BCUT2D eigenvalue weighted by Crippen LogP contribution is -2.55. The molecule has 0 spiro atoms. The van der Waals surface area contributed by atoms with Gasteiger partial charge in [-0.3, -0.25) is 4.79 Å². The van der Waals surface area contributed by atoms with Crippen molar-refractivity contribution in [1.82, 2.24) is 0 Å². The Labute approximate surface area is 178 Å². The lowest BCUT2D eigenvalue weighted by atomic mass is 9.78. The van der Waals surface area contributed by atoms with Crippen molar-refractivity contribution in [2.24, 2.45) is 5.92 Å². The fourth-order valence-electron chi connectivity index (χ4n) is 4.28. The predicted molar refractivity (Wildman–Crippen MR) is 119 cm³/mol. The van der Waals surface area contributed by atoms with Gasteiger partial charge in [0.2, 0.25) is 5.91 Å². The number of carbonyl (C=O) groups is 1. The number of aryl methyl sites for hydroxylation is 1. The highest BCUT2D eigenvalue weighted by molar-refractivity contribution is 6.04. The van der Waals surface area contributed by atoms with Crippen LogP contribution in [0.3, 0.4) is 0 Å². The molecule has 3 aromatic rings. The molecule has 0 bridgehead atoms. The third kappa shape index (κ3) is 3.90. The summed E-state index contributed by atoms with van der Waals surface area (Å²) in [5.41, 5.74) is 3.25. The number of amides is 1. The molecule has 1 saturated heterocycles. The van der Waals surface area contributed by atoms with Crippen molar-refractivity contribution in [3.05, 3.63) is 90.0 Å². The molecule has 0 aliphatic carbocycles. The van der Waals surface area contributed by atoms with Gasteiger partial charge in [-0.05, 0) is 54.7 Å². The minimum absolute atomic E-state index is 0.00419. The maximum absolute atomic E-state index is 13.2. The second kappa shape index (κ2) is 9.04. The fraction of sp³-hybridized carbons (Fsp3) is 0.269. The average Bonchev–Trinajstić information content (AvgIpc) is 2.81. The third-order valence-corrected chi connectivity index (χ3v) is 5.84. The highest BCUT2D eigenvalue weighted by atomic mass is 16.5. The van der Waals surface area contributed by atoms with Crippen molar-refractivity contribution in [1.29, 1.82) is 0 Å². The van der Waals surface area contributed by atoms with E-state index in [0.717, 1.165) is 36.3 Å². The Morgan fingerprint density at radius 3 is 2.23 bits per heavy atom. The van der Waals surface area contributed by atoms with Crippen LogP contribution in [0.4, 0.5) is 5.69 Å². The molecule has 30 heavy (non-hydrogen) atoms. The van der Waals surface area contributed by atoms with E-state index in [9.17, 15) is 4.79 Å². The average molecular weight is 402 g/mol. The first-order valence-corrected chi connectivity index (χ1v) is 10.4. The number of benzene rings is 3. The monoisotopic (exact) mass is 401 g/mol. The summed E-state index contributed by atoms with van der Waals surface area (Å²) >= 11 is 0. The number of para-hydroxylation sites is 2. The zero-order valence-electron chi connectivity index (χ0n) is 17.5. The molecule has 0 unspecified atom stereocenters. The Bertz CT molecular complexity index is 985. The maximum atomic E-state index is 13.2. The molecule has 2 atom stereocenters. The van der Waals surface area contributed by atoms with Crippen LogP contribution in [-0.2, 0) is 11.2 Å². The van der Waals surface area contributed by atoms with Crippen LogP contribution in [0.25, 0.3) is 0 Å². The van der Waals surface area contributed by atoms with E-state index in [0.29, 0.717) is 5.75 Å². The second-order valence-electron chi connectivity index (χ2n) is 7.58. The zero-order chi connectivity index (χ0) is 20.9. The van der Waals surface area contributed by atoms with Gasteiger partial charge in [0.25, 0.3) is 0 Å². The van der Waals surface area contributed by atoms with Gasteiger partial charge in [-0.2, -0.15) is 0 Å². The quantitative estimate of drug-likeness (QED) is 0.472. The van der Waals surface area contributed by atoms with Crippen LogP contribution in [0.1, 0.15) is 30.0 Å². The second-order valence-corrected chi connectivity index (χ2v) is 7.58. The number of hydrogen-bond acceptors (Lipinski definition) is 3. The number of β-lactam (4-membered cyclic amide) rings is 1. The smallest absolute Gasteiger partial charge is 0.233 e. The summed E-state index contributed by atoms with van der Waals surface area (Å²) in [6, 6.07) is 26.2. The molecule has 1 heterocycles. The van der Waals surface area contributed by atoms with Crippen LogP contribution in [-0.4, -0.2) is 20.1 Å². The summed E-state index contributed by atoms with van der Waals surface area (Å²) < 4.78 is 10.8. The number of nitrogens with zero attached hydrogens (tertiary/aromatic N) is 1. The molecule has 0 radical (unpaired) electrons. The highest BCUT2D eigenvalue weighted by Crippen LogP contribution is 2.48. The first kappa shape index (κ1) is 20.0. The predicted octanol–water partition coefficient (Wildman–Crippen LogP) is 5.43. The van der Waals surface area contributed by atoms with Gasteiger partial charge in [0.1, 0.15) is 11.5 Å². The summed E-state index contributed by atoms with van der Waals surface area (Å²) in [6.45, 7) is 0. The Morgan fingerprint density at radius 1 is 0.833 bits per heavy atom. The van der Waals surface area contributed by atoms with Gasteiger partial charge in [-0.25, -0.2) is 0 Å². The Hall–Kier alpha value is -3.27. The molecule has 0 saturated carbocycles. The van der Waals surface area contributed by atoms with Gasteiger partial charge in [0, 0.05) is 0 Å². The number of hydrogen-bond donors (Lipinski definition) is 0. The molecular formula is C26H27NO3. The van der Waals surface area contributed by atoms with Gasteiger partial charge in [0.15, 0.2) is 0 Å². The lowest BCUT2D eigenvalue weighted by Gasteiger charge is -2.48. The number of anilines is 1. The van der Waals surface area contributed by atoms with E-state index in [-0.39, 0.29) is 17.9 Å². The molecule has 4 rings (SSSR count). The lowest BCUT2D eigenvalue weighted by molar-refractivity contribution is -0.130. The summed E-state index contributed by atoms with van der Waals surface area (Å²) in [5, 5.41) is 0. The Morgan fingerprint density at radius 2 is 1.53 bits per heavy atom.